The summed E-state index contributed by atoms with van der Waals surface area (Å²) in [6, 6.07) is 1.22. The summed E-state index contributed by atoms with van der Waals surface area (Å²) in [6.45, 7) is 0.384. The molecule has 1 unspecified atom stereocenters. The molecule has 0 spiro atoms. The average molecular weight is 408 g/mol. The number of carbonyl (C=O) groups excluding carboxylic acids is 1. The van der Waals surface area contributed by atoms with Crippen molar-refractivity contribution in [3.63, 3.8) is 0 Å². The summed E-state index contributed by atoms with van der Waals surface area (Å²) in [5.74, 6) is -0.401. The van der Waals surface area contributed by atoms with E-state index < -0.39 is 41.7 Å². The molecule has 12 heteroatoms. The third-order valence-corrected chi connectivity index (χ3v) is 4.09. The highest BCUT2D eigenvalue weighted by molar-refractivity contribution is 5.88. The van der Waals surface area contributed by atoms with E-state index in [9.17, 15) is 31.1 Å². The maximum atomic E-state index is 12.9. The van der Waals surface area contributed by atoms with Crippen LogP contribution in [0.4, 0.5) is 26.3 Å². The van der Waals surface area contributed by atoms with Crippen molar-refractivity contribution in [3.05, 3.63) is 47.2 Å². The quantitative estimate of drug-likeness (QED) is 0.595. The van der Waals surface area contributed by atoms with Gasteiger partial charge in [0.1, 0.15) is 12.5 Å². The normalized spacial score (nSPS) is 20.9. The average Bonchev–Trinajstić information content (AvgIpc) is 3.04. The second-order valence-electron chi connectivity index (χ2n) is 6.26. The van der Waals surface area contributed by atoms with Crippen LogP contribution in [0.15, 0.2) is 35.5 Å². The summed E-state index contributed by atoms with van der Waals surface area (Å²) in [7, 11) is 0. The molecule has 2 heterocycles. The fourth-order valence-electron chi connectivity index (χ4n) is 2.61. The number of nitrogens with one attached hydrogen (secondary N) is 1. The monoisotopic (exact) mass is 408 g/mol. The Morgan fingerprint density at radius 1 is 1.11 bits per heavy atom. The molecule has 2 N–H and O–H groups in total. The zero-order valence-corrected chi connectivity index (χ0v) is 14.0. The summed E-state index contributed by atoms with van der Waals surface area (Å²) in [5.41, 5.74) is -0.625. The van der Waals surface area contributed by atoms with Crippen LogP contribution in [0.25, 0.3) is 0 Å². The van der Waals surface area contributed by atoms with Crippen LogP contribution >= 0.6 is 0 Å². The van der Waals surface area contributed by atoms with Crippen LogP contribution in [0.2, 0.25) is 0 Å². The molecule has 1 amide bonds. The van der Waals surface area contributed by atoms with Crippen molar-refractivity contribution in [1.29, 1.82) is 0 Å². The fourth-order valence-corrected chi connectivity index (χ4v) is 2.61. The molecule has 1 aromatic rings. The molecular weight excluding hydrogens is 394 g/mol. The molecule has 1 saturated heterocycles. The lowest BCUT2D eigenvalue weighted by Crippen LogP contribution is -2.53. The Labute approximate surface area is 154 Å². The van der Waals surface area contributed by atoms with Gasteiger partial charge in [0.25, 0.3) is 0 Å². The molecule has 0 bridgehead atoms. The van der Waals surface area contributed by atoms with E-state index in [4.69, 9.17) is 5.11 Å². The minimum Gasteiger partial charge on any atom is -0.389 e. The predicted octanol–water partition coefficient (Wildman–Crippen LogP) is 2.29. The zero-order valence-electron chi connectivity index (χ0n) is 14.0. The van der Waals surface area contributed by atoms with E-state index in [2.05, 4.69) is 10.4 Å². The summed E-state index contributed by atoms with van der Waals surface area (Å²) >= 11 is 0. The third kappa shape index (κ3) is 4.44. The number of aliphatic hydroxyl groups is 1. The Balaban J connectivity index is 1.74. The predicted molar refractivity (Wildman–Crippen MR) is 84.4 cm³/mol. The van der Waals surface area contributed by atoms with Crippen LogP contribution in [-0.2, 0) is 17.1 Å². The Morgan fingerprint density at radius 3 is 2.18 bits per heavy atom. The number of β-amino-alcohol motifs (C(OH)–C–C–N with tert-alkyl or cyclic N) is 1. The molecule has 0 saturated carbocycles. The van der Waals surface area contributed by atoms with Gasteiger partial charge in [0.15, 0.2) is 0 Å². The van der Waals surface area contributed by atoms with E-state index in [1.54, 1.807) is 0 Å². The number of nitrogens with zero attached hydrogens (tertiary/aromatic N) is 3. The highest BCUT2D eigenvalue weighted by Crippen LogP contribution is 2.37. The number of hydrazine groups is 1. The van der Waals surface area contributed by atoms with Crippen molar-refractivity contribution in [1.82, 2.24) is 15.3 Å². The van der Waals surface area contributed by atoms with Crippen molar-refractivity contribution in [2.24, 2.45) is 4.99 Å². The number of hydrogen-bond donors (Lipinski definition) is 2. The second-order valence-corrected chi connectivity index (χ2v) is 6.26. The molecule has 0 aromatic heterocycles. The van der Waals surface area contributed by atoms with Gasteiger partial charge in [-0.15, -0.1) is 0 Å². The Hall–Kier alpha value is -2.60. The summed E-state index contributed by atoms with van der Waals surface area (Å²) in [5, 5.41) is 10.3. The van der Waals surface area contributed by atoms with E-state index in [1.165, 1.54) is 11.1 Å². The van der Waals surface area contributed by atoms with E-state index in [-0.39, 0.29) is 24.7 Å². The molecule has 2 aliphatic heterocycles. The Bertz CT molecular complexity index is 782. The van der Waals surface area contributed by atoms with E-state index in [0.29, 0.717) is 12.1 Å². The second kappa shape index (κ2) is 7.09. The molecule has 3 rings (SSSR count). The van der Waals surface area contributed by atoms with Crippen LogP contribution in [0, 0.1) is 0 Å². The molecule has 152 valence electrons. The van der Waals surface area contributed by atoms with E-state index in [0.717, 1.165) is 17.4 Å². The lowest BCUT2D eigenvalue weighted by Gasteiger charge is -2.35. The molecular formula is C16H14F6N4O2. The lowest BCUT2D eigenvalue weighted by molar-refractivity contribution is -0.143. The smallest absolute Gasteiger partial charge is 0.389 e. The molecule has 1 fully saturated rings. The first-order valence-electron chi connectivity index (χ1n) is 7.96. The van der Waals surface area contributed by atoms with Crippen LogP contribution in [0.3, 0.4) is 0 Å². The number of aliphatic hydroxyl groups excluding tert-OH is 1. The topological polar surface area (TPSA) is 68.2 Å². The number of carbonyl (C=O) groups is 1. The first-order chi connectivity index (χ1) is 12.9. The van der Waals surface area contributed by atoms with Crippen LogP contribution < -0.4 is 5.43 Å². The van der Waals surface area contributed by atoms with Crippen LogP contribution in [0.5, 0.6) is 0 Å². The minimum absolute atomic E-state index is 0.0417. The highest BCUT2D eigenvalue weighted by Gasteiger charge is 2.38. The highest BCUT2D eigenvalue weighted by atomic mass is 19.4. The molecule has 6 nitrogen and oxygen atoms in total. The minimum atomic E-state index is -4.95. The van der Waals surface area contributed by atoms with Gasteiger partial charge in [-0.3, -0.25) is 9.80 Å². The molecule has 1 aromatic carbocycles. The number of hydrogen-bond acceptors (Lipinski definition) is 5. The Morgan fingerprint density at radius 2 is 1.68 bits per heavy atom. The van der Waals surface area contributed by atoms with Gasteiger partial charge in [0.2, 0.25) is 5.91 Å². The number of alkyl halides is 6. The standard InChI is InChI=1S/C16H14F6N4O2/c17-15(18,19)10-3-9(4-11(5-10)16(20,21)22)14-23-8-26(24-14)2-1-13(28)25-6-12(27)7-25/h1-5,8,12,14,24,27H,6-7H2/b2-1-. The molecule has 0 aliphatic carbocycles. The van der Waals surface area contributed by atoms with Gasteiger partial charge in [-0.2, -0.15) is 26.3 Å². The third-order valence-electron chi connectivity index (χ3n) is 4.09. The summed E-state index contributed by atoms with van der Waals surface area (Å²) in [4.78, 5) is 17.0. The van der Waals surface area contributed by atoms with Gasteiger partial charge in [0.05, 0.1) is 17.2 Å². The first-order valence-corrected chi connectivity index (χ1v) is 7.96. The van der Waals surface area contributed by atoms with Crippen molar-refractivity contribution in [2.75, 3.05) is 13.1 Å². The van der Waals surface area contributed by atoms with E-state index >= 15 is 0 Å². The zero-order chi connectivity index (χ0) is 20.7. The number of likely N-dealkylation sites (tertiary alicyclic amines) is 1. The van der Waals surface area contributed by atoms with Gasteiger partial charge < -0.3 is 10.0 Å². The van der Waals surface area contributed by atoms with Gasteiger partial charge in [0, 0.05) is 25.4 Å². The largest absolute Gasteiger partial charge is 0.416 e. The van der Waals surface area contributed by atoms with Gasteiger partial charge in [-0.05, 0) is 23.8 Å². The molecule has 28 heavy (non-hydrogen) atoms. The summed E-state index contributed by atoms with van der Waals surface area (Å²) in [6.07, 6.45) is -8.16. The van der Waals surface area contributed by atoms with Crippen molar-refractivity contribution >= 4 is 12.2 Å². The molecule has 0 radical (unpaired) electrons. The van der Waals surface area contributed by atoms with Crippen molar-refractivity contribution in [2.45, 2.75) is 24.6 Å². The number of aliphatic imine (C=N–C) groups is 1. The van der Waals surface area contributed by atoms with Crippen molar-refractivity contribution < 1.29 is 36.2 Å². The lowest BCUT2D eigenvalue weighted by atomic mass is 10.0. The number of rotatable bonds is 3. The molecule has 2 aliphatic rings. The number of amides is 1. The number of halogens is 6. The van der Waals surface area contributed by atoms with E-state index in [1.807, 2.05) is 0 Å². The van der Waals surface area contributed by atoms with Gasteiger partial charge in [-0.25, -0.2) is 10.4 Å². The molecule has 1 atom stereocenters. The first kappa shape index (κ1) is 20.1. The van der Waals surface area contributed by atoms with Gasteiger partial charge in [-0.1, -0.05) is 0 Å². The number of benzene rings is 1. The summed E-state index contributed by atoms with van der Waals surface area (Å²) < 4.78 is 77.7. The Kier molecular flexibility index (Phi) is 5.10. The fraction of sp³-hybridized carbons (Fsp3) is 0.375. The SMILES string of the molecule is O=C(/C=C\N1C=NC(c2cc(C(F)(F)F)cc(C(F)(F)F)c2)N1)N1CC(O)C1. The maximum absolute atomic E-state index is 12.9. The van der Waals surface area contributed by atoms with Crippen LogP contribution in [-0.4, -0.2) is 46.5 Å². The van der Waals surface area contributed by atoms with Crippen molar-refractivity contribution in [3.8, 4) is 0 Å². The van der Waals surface area contributed by atoms with Crippen LogP contribution in [0.1, 0.15) is 22.9 Å². The van der Waals surface area contributed by atoms with Gasteiger partial charge >= 0.3 is 12.4 Å². The maximum Gasteiger partial charge on any atom is 0.416 e.